The Morgan fingerprint density at radius 3 is 1.95 bits per heavy atom. The molecule has 0 fully saturated rings. The van der Waals surface area contributed by atoms with Gasteiger partial charge >= 0.3 is 0 Å². The molecule has 0 saturated heterocycles. The molecule has 2 aromatic rings. The van der Waals surface area contributed by atoms with Gasteiger partial charge in [0.15, 0.2) is 0 Å². The summed E-state index contributed by atoms with van der Waals surface area (Å²) in [5.74, 6) is 0. The van der Waals surface area contributed by atoms with Crippen LogP contribution in [-0.2, 0) is 5.41 Å². The van der Waals surface area contributed by atoms with Crippen molar-refractivity contribution in [2.24, 2.45) is 0 Å². The van der Waals surface area contributed by atoms with Crippen molar-refractivity contribution >= 4 is 17.3 Å². The van der Waals surface area contributed by atoms with Crippen LogP contribution in [0.3, 0.4) is 0 Å². The average Bonchev–Trinajstić information content (AvgIpc) is 2.92. The Labute approximate surface area is 233 Å². The Kier molecular flexibility index (Phi) is 10.9. The first kappa shape index (κ1) is 29.6. The highest BCUT2D eigenvalue weighted by atomic mass is 35.5. The van der Waals surface area contributed by atoms with Gasteiger partial charge in [0.25, 0.3) is 0 Å². The molecular weight excluding hydrogens is 470 g/mol. The molecule has 1 aliphatic carbocycles. The topological polar surface area (TPSA) is 3.24 Å². The van der Waals surface area contributed by atoms with Gasteiger partial charge in [0.05, 0.1) is 5.38 Å². The van der Waals surface area contributed by atoms with E-state index < -0.39 is 0 Å². The van der Waals surface area contributed by atoms with E-state index in [1.807, 2.05) is 0 Å². The molecule has 2 heteroatoms. The van der Waals surface area contributed by atoms with Gasteiger partial charge < -0.3 is 4.90 Å². The van der Waals surface area contributed by atoms with E-state index >= 15 is 0 Å². The second-order valence-corrected chi connectivity index (χ2v) is 12.1. The number of benzene rings is 2. The van der Waals surface area contributed by atoms with Crippen LogP contribution in [0.15, 0.2) is 72.5 Å². The number of unbranched alkanes of at least 4 members (excludes halogenated alkanes) is 3. The van der Waals surface area contributed by atoms with Crippen molar-refractivity contribution < 1.29 is 0 Å². The molecule has 3 rings (SSSR count). The molecule has 0 aliphatic heterocycles. The van der Waals surface area contributed by atoms with Crippen LogP contribution in [0.2, 0.25) is 0 Å². The van der Waals surface area contributed by atoms with Crippen molar-refractivity contribution in [1.82, 2.24) is 0 Å². The Hall–Kier alpha value is -1.99. The first-order valence-electron chi connectivity index (χ1n) is 14.8. The summed E-state index contributed by atoms with van der Waals surface area (Å²) >= 11 is 6.58. The van der Waals surface area contributed by atoms with E-state index in [1.165, 1.54) is 79.4 Å². The molecule has 0 radical (unpaired) electrons. The van der Waals surface area contributed by atoms with E-state index in [-0.39, 0.29) is 16.3 Å². The van der Waals surface area contributed by atoms with Crippen LogP contribution < -0.4 is 4.90 Å². The smallest absolute Gasteiger partial charge is 0.0573 e. The van der Waals surface area contributed by atoms with Gasteiger partial charge in [-0.25, -0.2) is 0 Å². The van der Waals surface area contributed by atoms with Crippen molar-refractivity contribution in [2.45, 2.75) is 122 Å². The normalized spacial score (nSPS) is 18.7. The maximum absolute atomic E-state index is 6.58. The van der Waals surface area contributed by atoms with Crippen LogP contribution >= 0.6 is 11.6 Å². The third-order valence-electron chi connectivity index (χ3n) is 8.82. The molecule has 0 bridgehead atoms. The number of anilines is 1. The zero-order valence-electron chi connectivity index (χ0n) is 24.3. The Balaban J connectivity index is 1.88. The molecule has 37 heavy (non-hydrogen) atoms. The van der Waals surface area contributed by atoms with E-state index in [2.05, 4.69) is 113 Å². The van der Waals surface area contributed by atoms with Gasteiger partial charge in [0.1, 0.15) is 0 Å². The zero-order valence-corrected chi connectivity index (χ0v) is 25.1. The fourth-order valence-corrected chi connectivity index (χ4v) is 6.02. The standard InChI is InChI=1S/C35H50ClN/c1-7-11-13-25-34(5,9-3)30-21-17-28(18-22-30)29-19-23-32(24-20-29)37(33-16-14-15-31(36)27-33)35(6,10-4)26-12-8-2/h14-24,31H,7-13,25-27H2,1-6H3. The van der Waals surface area contributed by atoms with Gasteiger partial charge in [-0.1, -0.05) is 115 Å². The summed E-state index contributed by atoms with van der Waals surface area (Å²) in [7, 11) is 0. The van der Waals surface area contributed by atoms with Crippen LogP contribution in [-0.4, -0.2) is 10.9 Å². The third-order valence-corrected chi connectivity index (χ3v) is 9.12. The molecule has 3 unspecified atom stereocenters. The molecule has 0 heterocycles. The SMILES string of the molecule is CCCCCC(C)(CC)c1ccc(-c2ccc(N(C3=CC=CC(Cl)C3)C(C)(CC)CCCC)cc2)cc1. The number of allylic oxidation sites excluding steroid dienone is 4. The predicted molar refractivity (Wildman–Crippen MR) is 166 cm³/mol. The van der Waals surface area contributed by atoms with Crippen molar-refractivity contribution in [3.63, 3.8) is 0 Å². The number of hydrogen-bond acceptors (Lipinski definition) is 1. The summed E-state index contributed by atoms with van der Waals surface area (Å²) in [6.45, 7) is 14.1. The maximum atomic E-state index is 6.58. The molecule has 202 valence electrons. The highest BCUT2D eigenvalue weighted by molar-refractivity contribution is 6.22. The van der Waals surface area contributed by atoms with Crippen LogP contribution in [0.5, 0.6) is 0 Å². The van der Waals surface area contributed by atoms with E-state index in [0.29, 0.717) is 0 Å². The predicted octanol–water partition coefficient (Wildman–Crippen LogP) is 11.2. The van der Waals surface area contributed by atoms with E-state index in [9.17, 15) is 0 Å². The Morgan fingerprint density at radius 2 is 1.41 bits per heavy atom. The van der Waals surface area contributed by atoms with E-state index in [0.717, 1.165) is 12.8 Å². The molecule has 0 amide bonds. The molecule has 1 aliphatic rings. The third kappa shape index (κ3) is 7.32. The fraction of sp³-hybridized carbons (Fsp3) is 0.543. The molecular formula is C35H50ClN. The maximum Gasteiger partial charge on any atom is 0.0573 e. The molecule has 0 N–H and O–H groups in total. The summed E-state index contributed by atoms with van der Waals surface area (Å²) in [6.07, 6.45) is 18.4. The van der Waals surface area contributed by atoms with Crippen molar-refractivity contribution in [1.29, 1.82) is 0 Å². The summed E-state index contributed by atoms with van der Waals surface area (Å²) in [6, 6.07) is 18.6. The second kappa shape index (κ2) is 13.7. The number of halogens is 1. The van der Waals surface area contributed by atoms with E-state index in [4.69, 9.17) is 11.6 Å². The summed E-state index contributed by atoms with van der Waals surface area (Å²) in [5.41, 5.74) is 6.96. The van der Waals surface area contributed by atoms with Gasteiger partial charge in [0.2, 0.25) is 0 Å². The van der Waals surface area contributed by atoms with Crippen molar-refractivity contribution in [3.05, 3.63) is 78.0 Å². The first-order chi connectivity index (χ1) is 17.8. The number of nitrogens with zero attached hydrogens (tertiary/aromatic N) is 1. The minimum atomic E-state index is 0.0587. The van der Waals surface area contributed by atoms with Gasteiger partial charge in [-0.2, -0.15) is 0 Å². The lowest BCUT2D eigenvalue weighted by atomic mass is 9.75. The molecule has 3 atom stereocenters. The number of hydrogen-bond donors (Lipinski definition) is 0. The summed E-state index contributed by atoms with van der Waals surface area (Å²) < 4.78 is 0. The van der Waals surface area contributed by atoms with Gasteiger partial charge in [-0.3, -0.25) is 0 Å². The van der Waals surface area contributed by atoms with Gasteiger partial charge in [-0.15, -0.1) is 11.6 Å². The van der Waals surface area contributed by atoms with Crippen molar-refractivity contribution in [3.8, 4) is 11.1 Å². The monoisotopic (exact) mass is 519 g/mol. The lowest BCUT2D eigenvalue weighted by Gasteiger charge is -2.45. The number of alkyl halides is 1. The lowest BCUT2D eigenvalue weighted by molar-refractivity contribution is 0.382. The number of rotatable bonds is 14. The fourth-order valence-electron chi connectivity index (χ4n) is 5.78. The van der Waals surface area contributed by atoms with Crippen LogP contribution in [0.4, 0.5) is 5.69 Å². The van der Waals surface area contributed by atoms with Crippen molar-refractivity contribution in [2.75, 3.05) is 4.90 Å². The van der Waals surface area contributed by atoms with E-state index in [1.54, 1.807) is 0 Å². The zero-order chi connectivity index (χ0) is 26.9. The first-order valence-corrected chi connectivity index (χ1v) is 15.3. The molecule has 0 spiro atoms. The van der Waals surface area contributed by atoms with Crippen LogP contribution in [0.25, 0.3) is 11.1 Å². The average molecular weight is 520 g/mol. The van der Waals surface area contributed by atoms with Gasteiger partial charge in [0, 0.05) is 23.3 Å². The molecule has 0 aromatic heterocycles. The molecule has 1 nitrogen and oxygen atoms in total. The lowest BCUT2D eigenvalue weighted by Crippen LogP contribution is -2.46. The largest absolute Gasteiger partial charge is 0.339 e. The molecule has 0 saturated carbocycles. The second-order valence-electron chi connectivity index (χ2n) is 11.5. The Morgan fingerprint density at radius 1 is 0.784 bits per heavy atom. The molecule has 2 aromatic carbocycles. The van der Waals surface area contributed by atoms with Gasteiger partial charge in [-0.05, 0) is 72.9 Å². The quantitative estimate of drug-likeness (QED) is 0.177. The highest BCUT2D eigenvalue weighted by Crippen LogP contribution is 2.39. The van der Waals surface area contributed by atoms with Crippen LogP contribution in [0.1, 0.15) is 111 Å². The highest BCUT2D eigenvalue weighted by Gasteiger charge is 2.33. The summed E-state index contributed by atoms with van der Waals surface area (Å²) in [4.78, 5) is 2.58. The summed E-state index contributed by atoms with van der Waals surface area (Å²) in [5, 5.41) is 0.0587. The minimum Gasteiger partial charge on any atom is -0.339 e. The van der Waals surface area contributed by atoms with Crippen LogP contribution in [0, 0.1) is 0 Å². The Bertz CT molecular complexity index is 1020. The minimum absolute atomic E-state index is 0.0587.